The van der Waals surface area contributed by atoms with Crippen molar-refractivity contribution in [1.29, 1.82) is 0 Å². The van der Waals surface area contributed by atoms with Gasteiger partial charge < -0.3 is 14.9 Å². The smallest absolute Gasteiger partial charge is 0.260 e. The summed E-state index contributed by atoms with van der Waals surface area (Å²) in [7, 11) is 3.30. The van der Waals surface area contributed by atoms with Crippen LogP contribution in [-0.2, 0) is 4.79 Å². The highest BCUT2D eigenvalue weighted by Crippen LogP contribution is 2.40. The SMILES string of the molecule is Cc1ccccc1N(c1ccccc1)c1ccc(/C=C2\C(=O)N(C)C(=S)N(C)C2O)s1. The van der Waals surface area contributed by atoms with Crippen LogP contribution in [0.5, 0.6) is 0 Å². The molecule has 7 heteroatoms. The molecule has 0 saturated carbocycles. The Morgan fingerprint density at radius 1 is 1.03 bits per heavy atom. The number of para-hydroxylation sites is 2. The van der Waals surface area contributed by atoms with E-state index in [0.717, 1.165) is 26.8 Å². The Bertz CT molecular complexity index is 1160. The number of hydrogen-bond acceptors (Lipinski definition) is 5. The van der Waals surface area contributed by atoms with Gasteiger partial charge in [-0.3, -0.25) is 9.69 Å². The van der Waals surface area contributed by atoms with Gasteiger partial charge in [-0.25, -0.2) is 0 Å². The van der Waals surface area contributed by atoms with Crippen LogP contribution in [0.2, 0.25) is 0 Å². The van der Waals surface area contributed by atoms with Crippen molar-refractivity contribution in [3.8, 4) is 0 Å². The van der Waals surface area contributed by atoms with Crippen LogP contribution in [0.15, 0.2) is 72.3 Å². The van der Waals surface area contributed by atoms with Crippen molar-refractivity contribution in [2.75, 3.05) is 19.0 Å². The van der Waals surface area contributed by atoms with Crippen molar-refractivity contribution in [2.24, 2.45) is 0 Å². The van der Waals surface area contributed by atoms with Gasteiger partial charge in [-0.15, -0.1) is 11.3 Å². The van der Waals surface area contributed by atoms with Gasteiger partial charge >= 0.3 is 0 Å². The summed E-state index contributed by atoms with van der Waals surface area (Å²) in [6.45, 7) is 2.09. The highest BCUT2D eigenvalue weighted by atomic mass is 32.1. The molecule has 1 amide bonds. The minimum absolute atomic E-state index is 0.288. The normalized spacial score (nSPS) is 18.1. The molecular weight excluding hydrogens is 426 g/mol. The van der Waals surface area contributed by atoms with Gasteiger partial charge in [0.2, 0.25) is 0 Å². The van der Waals surface area contributed by atoms with Crippen molar-refractivity contribution in [3.05, 3.63) is 82.7 Å². The third-order valence-electron chi connectivity index (χ3n) is 5.29. The summed E-state index contributed by atoms with van der Waals surface area (Å²) < 4.78 is 0. The van der Waals surface area contributed by atoms with Gasteiger partial charge in [-0.1, -0.05) is 36.4 Å². The monoisotopic (exact) mass is 449 g/mol. The summed E-state index contributed by atoms with van der Waals surface area (Å²) in [5.41, 5.74) is 3.60. The molecule has 0 radical (unpaired) electrons. The zero-order chi connectivity index (χ0) is 22.1. The molecule has 0 aliphatic carbocycles. The number of benzene rings is 2. The third-order valence-corrected chi connectivity index (χ3v) is 6.87. The molecule has 4 rings (SSSR count). The molecule has 3 aromatic rings. The molecule has 1 atom stereocenters. The van der Waals surface area contributed by atoms with Crippen LogP contribution in [0.4, 0.5) is 16.4 Å². The van der Waals surface area contributed by atoms with E-state index in [2.05, 4.69) is 36.1 Å². The summed E-state index contributed by atoms with van der Waals surface area (Å²) in [6, 6.07) is 22.4. The number of nitrogens with zero attached hydrogens (tertiary/aromatic N) is 3. The van der Waals surface area contributed by atoms with Crippen LogP contribution in [0, 0.1) is 6.92 Å². The lowest BCUT2D eigenvalue weighted by molar-refractivity contribution is -0.126. The number of hydrogen-bond donors (Lipinski definition) is 1. The van der Waals surface area contributed by atoms with Crippen molar-refractivity contribution in [1.82, 2.24) is 9.80 Å². The van der Waals surface area contributed by atoms with E-state index in [-0.39, 0.29) is 5.91 Å². The zero-order valence-corrected chi connectivity index (χ0v) is 19.2. The topological polar surface area (TPSA) is 47.0 Å². The molecule has 31 heavy (non-hydrogen) atoms. The fourth-order valence-electron chi connectivity index (χ4n) is 3.55. The van der Waals surface area contributed by atoms with Gasteiger partial charge in [0, 0.05) is 30.3 Å². The molecule has 0 bridgehead atoms. The standard InChI is InChI=1S/C24H23N3O2S2/c1-16-9-7-8-12-20(16)27(17-10-5-4-6-11-17)21-14-13-18(31-21)15-19-22(28)25(2)24(30)26(3)23(19)29/h4-15,22,28H,1-3H3/b19-15-. The molecule has 2 heterocycles. The van der Waals surface area contributed by atoms with Gasteiger partial charge in [0.25, 0.3) is 5.91 Å². The van der Waals surface area contributed by atoms with E-state index in [0.29, 0.717) is 10.7 Å². The van der Waals surface area contributed by atoms with Crippen molar-refractivity contribution >= 4 is 57.0 Å². The molecule has 2 aromatic carbocycles. The van der Waals surface area contributed by atoms with Crippen molar-refractivity contribution in [2.45, 2.75) is 13.2 Å². The minimum atomic E-state index is -1.07. The zero-order valence-electron chi connectivity index (χ0n) is 17.5. The molecule has 0 spiro atoms. The van der Waals surface area contributed by atoms with Gasteiger partial charge in [-0.2, -0.15) is 0 Å². The number of aryl methyl sites for hydroxylation is 1. The van der Waals surface area contributed by atoms with Crippen LogP contribution in [0.1, 0.15) is 10.4 Å². The second-order valence-electron chi connectivity index (χ2n) is 7.36. The molecule has 1 aromatic heterocycles. The number of thiophene rings is 1. The lowest BCUT2D eigenvalue weighted by Gasteiger charge is -2.37. The predicted octanol–water partition coefficient (Wildman–Crippen LogP) is 4.92. The van der Waals surface area contributed by atoms with E-state index in [1.807, 2.05) is 42.5 Å². The molecule has 1 aliphatic heterocycles. The number of rotatable bonds is 4. The van der Waals surface area contributed by atoms with E-state index >= 15 is 0 Å². The molecule has 1 saturated heterocycles. The Kier molecular flexibility index (Phi) is 5.91. The Labute approximate surface area is 191 Å². The third kappa shape index (κ3) is 3.99. The van der Waals surface area contributed by atoms with Crippen LogP contribution in [-0.4, -0.2) is 46.2 Å². The lowest BCUT2D eigenvalue weighted by atomic mass is 10.1. The van der Waals surface area contributed by atoms with Crippen molar-refractivity contribution < 1.29 is 9.90 Å². The number of amides is 1. The Hall–Kier alpha value is -3.00. The molecule has 1 aliphatic rings. The number of likely N-dealkylation sites (N-methyl/N-ethyl adjacent to an activating group) is 2. The Morgan fingerprint density at radius 2 is 1.71 bits per heavy atom. The first-order chi connectivity index (χ1) is 14.9. The van der Waals surface area contributed by atoms with Gasteiger partial charge in [-0.05, 0) is 61.1 Å². The fraction of sp³-hybridized carbons (Fsp3) is 0.167. The average Bonchev–Trinajstić information content (AvgIpc) is 3.24. The van der Waals surface area contributed by atoms with E-state index < -0.39 is 6.23 Å². The van der Waals surface area contributed by atoms with Crippen LogP contribution >= 0.6 is 23.6 Å². The van der Waals surface area contributed by atoms with Crippen LogP contribution in [0.3, 0.4) is 0 Å². The van der Waals surface area contributed by atoms with Crippen LogP contribution < -0.4 is 4.90 Å². The second kappa shape index (κ2) is 8.63. The van der Waals surface area contributed by atoms with Crippen molar-refractivity contribution in [3.63, 3.8) is 0 Å². The maximum atomic E-state index is 12.7. The van der Waals surface area contributed by atoms with E-state index in [4.69, 9.17) is 12.2 Å². The number of thiocarbonyl (C=S) groups is 1. The highest BCUT2D eigenvalue weighted by molar-refractivity contribution is 7.80. The summed E-state index contributed by atoms with van der Waals surface area (Å²) in [5, 5.41) is 11.9. The first kappa shape index (κ1) is 21.2. The summed E-state index contributed by atoms with van der Waals surface area (Å²) >= 11 is 6.78. The van der Waals surface area contributed by atoms with Gasteiger partial charge in [0.1, 0.15) is 5.00 Å². The molecule has 1 unspecified atom stereocenters. The number of aliphatic hydroxyl groups excluding tert-OH is 1. The number of carbonyl (C=O) groups is 1. The fourth-order valence-corrected chi connectivity index (χ4v) is 4.72. The van der Waals surface area contributed by atoms with E-state index in [1.54, 1.807) is 31.5 Å². The highest BCUT2D eigenvalue weighted by Gasteiger charge is 2.35. The number of anilines is 3. The van der Waals surface area contributed by atoms with Crippen LogP contribution in [0.25, 0.3) is 6.08 Å². The second-order valence-corrected chi connectivity index (χ2v) is 8.82. The summed E-state index contributed by atoms with van der Waals surface area (Å²) in [6.07, 6.45) is 0.681. The van der Waals surface area contributed by atoms with Gasteiger partial charge in [0.05, 0.1) is 5.57 Å². The molecule has 5 nitrogen and oxygen atoms in total. The average molecular weight is 450 g/mol. The maximum Gasteiger partial charge on any atom is 0.260 e. The lowest BCUT2D eigenvalue weighted by Crippen LogP contribution is -2.55. The van der Waals surface area contributed by atoms with E-state index in [1.165, 1.54) is 9.80 Å². The molecule has 1 N–H and O–H groups in total. The first-order valence-electron chi connectivity index (χ1n) is 9.83. The summed E-state index contributed by atoms with van der Waals surface area (Å²) in [4.78, 5) is 18.7. The quantitative estimate of drug-likeness (QED) is 0.453. The maximum absolute atomic E-state index is 12.7. The Balaban J connectivity index is 1.75. The number of aliphatic hydroxyl groups is 1. The Morgan fingerprint density at radius 3 is 2.42 bits per heavy atom. The molecule has 1 fully saturated rings. The van der Waals surface area contributed by atoms with E-state index in [9.17, 15) is 9.90 Å². The van der Waals surface area contributed by atoms with Gasteiger partial charge in [0.15, 0.2) is 11.3 Å². The number of carbonyl (C=O) groups excluding carboxylic acids is 1. The summed E-state index contributed by atoms with van der Waals surface area (Å²) in [5.74, 6) is -0.288. The predicted molar refractivity (Wildman–Crippen MR) is 131 cm³/mol. The molecular formula is C24H23N3O2S2. The minimum Gasteiger partial charge on any atom is -0.369 e. The first-order valence-corrected chi connectivity index (χ1v) is 11.1. The molecule has 158 valence electrons. The largest absolute Gasteiger partial charge is 0.369 e.